The molecule has 4 aromatic rings. The predicted molar refractivity (Wildman–Crippen MR) is 114 cm³/mol. The van der Waals surface area contributed by atoms with Crippen LogP contribution in [0.3, 0.4) is 0 Å². The highest BCUT2D eigenvalue weighted by atomic mass is 32.2. The molecule has 0 saturated carbocycles. The average Bonchev–Trinajstić information content (AvgIpc) is 2.79. The molecule has 0 spiro atoms. The molecule has 9 nitrogen and oxygen atoms in total. The van der Waals surface area contributed by atoms with E-state index < -0.39 is 14.8 Å². The molecule has 0 aliphatic heterocycles. The topological polar surface area (TPSA) is 124 Å². The number of aromatic nitrogens is 2. The molecule has 0 bridgehead atoms. The van der Waals surface area contributed by atoms with Gasteiger partial charge in [-0.1, -0.05) is 12.1 Å². The van der Waals surface area contributed by atoms with Crippen LogP contribution in [-0.2, 0) is 9.84 Å². The van der Waals surface area contributed by atoms with Crippen LogP contribution in [0.1, 0.15) is 0 Å². The Labute approximate surface area is 177 Å². The van der Waals surface area contributed by atoms with Gasteiger partial charge in [0, 0.05) is 17.8 Å². The Kier molecular flexibility index (Phi) is 5.22. The van der Waals surface area contributed by atoms with Crippen molar-refractivity contribution in [1.82, 2.24) is 9.97 Å². The van der Waals surface area contributed by atoms with Crippen molar-refractivity contribution in [3.63, 3.8) is 0 Å². The van der Waals surface area contributed by atoms with Gasteiger partial charge in [-0.15, -0.1) is 0 Å². The lowest BCUT2D eigenvalue weighted by atomic mass is 10.3. The molecule has 0 fully saturated rings. The van der Waals surface area contributed by atoms with E-state index in [4.69, 9.17) is 4.74 Å². The number of nitro benzene ring substituents is 1. The quantitative estimate of drug-likeness (QED) is 0.353. The number of anilines is 2. The van der Waals surface area contributed by atoms with Gasteiger partial charge in [-0.2, -0.15) is 0 Å². The van der Waals surface area contributed by atoms with E-state index in [9.17, 15) is 18.5 Å². The minimum absolute atomic E-state index is 0.0437. The normalized spacial score (nSPS) is 11.3. The van der Waals surface area contributed by atoms with E-state index in [1.807, 2.05) is 0 Å². The molecule has 1 aromatic heterocycles. The average molecular weight is 436 g/mol. The fourth-order valence-electron chi connectivity index (χ4n) is 2.92. The molecule has 0 radical (unpaired) electrons. The lowest BCUT2D eigenvalue weighted by Gasteiger charge is -2.13. The van der Waals surface area contributed by atoms with Gasteiger partial charge in [0.1, 0.15) is 5.75 Å². The van der Waals surface area contributed by atoms with Crippen molar-refractivity contribution in [3.8, 4) is 5.75 Å². The van der Waals surface area contributed by atoms with Crippen LogP contribution in [0.25, 0.3) is 11.0 Å². The van der Waals surface area contributed by atoms with E-state index in [1.165, 1.54) is 12.1 Å². The highest BCUT2D eigenvalue weighted by molar-refractivity contribution is 7.91. The molecule has 0 aliphatic carbocycles. The molecule has 0 saturated heterocycles. The van der Waals surface area contributed by atoms with Crippen molar-refractivity contribution >= 4 is 38.1 Å². The molecule has 1 N–H and O–H groups in total. The summed E-state index contributed by atoms with van der Waals surface area (Å²) in [6, 6.07) is 18.4. The van der Waals surface area contributed by atoms with E-state index in [2.05, 4.69) is 15.3 Å². The van der Waals surface area contributed by atoms with E-state index in [1.54, 1.807) is 55.6 Å². The predicted octanol–water partition coefficient (Wildman–Crippen LogP) is 4.12. The first kappa shape index (κ1) is 20.2. The summed E-state index contributed by atoms with van der Waals surface area (Å²) in [5, 5.41) is 13.6. The van der Waals surface area contributed by atoms with Gasteiger partial charge in [-0.05, 0) is 48.5 Å². The number of fused-ring (bicyclic) bond motifs is 1. The summed E-state index contributed by atoms with van der Waals surface area (Å²) < 4.78 is 31.8. The molecule has 0 aliphatic rings. The molecule has 0 amide bonds. The molecule has 10 heteroatoms. The van der Waals surface area contributed by atoms with E-state index in [-0.39, 0.29) is 21.4 Å². The summed E-state index contributed by atoms with van der Waals surface area (Å²) in [4.78, 5) is 19.0. The van der Waals surface area contributed by atoms with Gasteiger partial charge in [0.15, 0.2) is 5.82 Å². The second kappa shape index (κ2) is 8.00. The number of methoxy groups -OCH3 is 1. The van der Waals surface area contributed by atoms with Crippen LogP contribution in [-0.4, -0.2) is 30.4 Å². The lowest BCUT2D eigenvalue weighted by Crippen LogP contribution is -2.10. The van der Waals surface area contributed by atoms with Crippen LogP contribution in [0, 0.1) is 10.1 Å². The Bertz CT molecular complexity index is 1370. The first-order valence-corrected chi connectivity index (χ1v) is 10.5. The third-order valence-corrected chi connectivity index (χ3v) is 6.19. The number of hydrogen-bond donors (Lipinski definition) is 1. The maximum Gasteiger partial charge on any atom is 0.269 e. The van der Waals surface area contributed by atoms with Crippen molar-refractivity contribution in [2.75, 3.05) is 12.4 Å². The molecule has 156 valence electrons. The Balaban J connectivity index is 1.84. The number of rotatable bonds is 6. The Morgan fingerprint density at radius 3 is 2.10 bits per heavy atom. The minimum Gasteiger partial charge on any atom is -0.497 e. The van der Waals surface area contributed by atoms with E-state index in [0.717, 1.165) is 12.1 Å². The number of para-hydroxylation sites is 2. The molecular formula is C21H16N4O5S. The second-order valence-electron chi connectivity index (χ2n) is 6.47. The number of nitrogens with zero attached hydrogens (tertiary/aromatic N) is 3. The van der Waals surface area contributed by atoms with Crippen molar-refractivity contribution < 1.29 is 18.1 Å². The van der Waals surface area contributed by atoms with Gasteiger partial charge in [-0.3, -0.25) is 10.1 Å². The number of nitro groups is 1. The summed E-state index contributed by atoms with van der Waals surface area (Å²) in [6.07, 6.45) is 0. The molecule has 1 heterocycles. The van der Waals surface area contributed by atoms with Crippen LogP contribution in [0.4, 0.5) is 17.2 Å². The summed E-state index contributed by atoms with van der Waals surface area (Å²) in [7, 11) is -2.57. The summed E-state index contributed by atoms with van der Waals surface area (Å²) in [6.45, 7) is 0. The van der Waals surface area contributed by atoms with Crippen molar-refractivity contribution in [2.45, 2.75) is 9.92 Å². The Morgan fingerprint density at radius 2 is 1.52 bits per heavy atom. The summed E-state index contributed by atoms with van der Waals surface area (Å²) in [5.41, 5.74) is 1.30. The van der Waals surface area contributed by atoms with E-state index >= 15 is 0 Å². The minimum atomic E-state index is -4.12. The fourth-order valence-corrected chi connectivity index (χ4v) is 4.21. The smallest absolute Gasteiger partial charge is 0.269 e. The maximum absolute atomic E-state index is 13.3. The van der Waals surface area contributed by atoms with Crippen LogP contribution in [0.5, 0.6) is 5.75 Å². The maximum atomic E-state index is 13.3. The van der Waals surface area contributed by atoms with Crippen molar-refractivity contribution in [3.05, 3.63) is 82.9 Å². The molecule has 3 aromatic carbocycles. The van der Waals surface area contributed by atoms with Crippen LogP contribution in [0.2, 0.25) is 0 Å². The third-order valence-electron chi connectivity index (χ3n) is 4.50. The number of non-ortho nitro benzene ring substituents is 1. The Hall–Kier alpha value is -4.05. The number of benzene rings is 3. The van der Waals surface area contributed by atoms with Gasteiger partial charge in [-0.25, -0.2) is 18.4 Å². The number of nitrogens with one attached hydrogen (secondary N) is 1. The van der Waals surface area contributed by atoms with Gasteiger partial charge in [0.25, 0.3) is 5.69 Å². The zero-order valence-electron chi connectivity index (χ0n) is 16.2. The van der Waals surface area contributed by atoms with Crippen molar-refractivity contribution in [2.24, 2.45) is 0 Å². The molecular weight excluding hydrogens is 420 g/mol. The lowest BCUT2D eigenvalue weighted by molar-refractivity contribution is -0.384. The highest BCUT2D eigenvalue weighted by Crippen LogP contribution is 2.30. The van der Waals surface area contributed by atoms with Crippen LogP contribution in [0.15, 0.2) is 82.7 Å². The largest absolute Gasteiger partial charge is 0.497 e. The molecule has 0 atom stereocenters. The van der Waals surface area contributed by atoms with Crippen LogP contribution >= 0.6 is 0 Å². The summed E-state index contributed by atoms with van der Waals surface area (Å²) >= 11 is 0. The van der Waals surface area contributed by atoms with Gasteiger partial charge in [0.05, 0.1) is 28.0 Å². The number of ether oxygens (including phenoxy) is 1. The number of sulfone groups is 1. The first-order chi connectivity index (χ1) is 14.9. The first-order valence-electron chi connectivity index (χ1n) is 9.06. The van der Waals surface area contributed by atoms with Crippen LogP contribution < -0.4 is 10.1 Å². The fraction of sp³-hybridized carbons (Fsp3) is 0.0476. The van der Waals surface area contributed by atoms with Gasteiger partial charge < -0.3 is 10.1 Å². The van der Waals surface area contributed by atoms with Crippen molar-refractivity contribution in [1.29, 1.82) is 0 Å². The second-order valence-corrected chi connectivity index (χ2v) is 8.34. The standard InChI is InChI=1S/C21H16N4O5S/c1-30-16-10-6-14(7-11-16)22-20-21(24-19-5-3-2-4-18(19)23-20)31(28,29)17-12-8-15(9-13-17)25(26)27/h2-13H,1H3,(H,22,23). The highest BCUT2D eigenvalue weighted by Gasteiger charge is 2.26. The SMILES string of the molecule is COc1ccc(Nc2nc3ccccc3nc2S(=O)(=O)c2ccc([N+](=O)[O-])cc2)cc1. The van der Waals surface area contributed by atoms with Gasteiger partial charge in [0.2, 0.25) is 14.9 Å². The molecule has 31 heavy (non-hydrogen) atoms. The summed E-state index contributed by atoms with van der Waals surface area (Å²) in [5.74, 6) is 0.691. The molecule has 4 rings (SSSR count). The monoisotopic (exact) mass is 436 g/mol. The zero-order chi connectivity index (χ0) is 22.0. The number of hydrogen-bond acceptors (Lipinski definition) is 8. The molecule has 0 unspecified atom stereocenters. The van der Waals surface area contributed by atoms with Gasteiger partial charge >= 0.3 is 0 Å². The zero-order valence-corrected chi connectivity index (χ0v) is 17.0. The Morgan fingerprint density at radius 1 is 0.903 bits per heavy atom. The van der Waals surface area contributed by atoms with E-state index in [0.29, 0.717) is 22.5 Å². The third kappa shape index (κ3) is 4.01.